The molecule has 1 aromatic carbocycles. The lowest BCUT2D eigenvalue weighted by molar-refractivity contribution is -0.143. The molecule has 6 heteroatoms. The van der Waals surface area contributed by atoms with Gasteiger partial charge < -0.3 is 10.1 Å². The molecule has 0 heterocycles. The molecule has 1 N–H and O–H groups in total. The van der Waals surface area contributed by atoms with E-state index in [0.717, 1.165) is 12.8 Å². The van der Waals surface area contributed by atoms with E-state index in [1.54, 1.807) is 6.92 Å². The van der Waals surface area contributed by atoms with Crippen LogP contribution in [0.4, 0.5) is 8.78 Å². The van der Waals surface area contributed by atoms with Gasteiger partial charge in [-0.25, -0.2) is 8.78 Å². The maximum absolute atomic E-state index is 15.1. The zero-order valence-corrected chi connectivity index (χ0v) is 16.8. The molecule has 3 nitrogen and oxygen atoms in total. The van der Waals surface area contributed by atoms with E-state index in [1.165, 1.54) is 6.07 Å². The Balaban J connectivity index is 2.39. The molecular weight excluding hydrogens is 392 g/mol. The third-order valence-corrected chi connectivity index (χ3v) is 4.72. The number of halogens is 3. The SMILES string of the molecule is CCOC(=O)C[C@H](NCC(C)(C)C)c1c(F)c(Br)cc(C2CC2)c1F. The summed E-state index contributed by atoms with van der Waals surface area (Å²) in [5.74, 6) is -1.53. The second kappa shape index (κ2) is 8.12. The van der Waals surface area contributed by atoms with Crippen LogP contribution in [0.15, 0.2) is 10.5 Å². The van der Waals surface area contributed by atoms with Crippen LogP contribution >= 0.6 is 15.9 Å². The number of ether oxygens (including phenoxy) is 1. The molecule has 2 rings (SSSR count). The number of esters is 1. The highest BCUT2D eigenvalue weighted by molar-refractivity contribution is 9.10. The molecule has 0 saturated heterocycles. The van der Waals surface area contributed by atoms with Crippen molar-refractivity contribution in [2.75, 3.05) is 13.2 Å². The Kier molecular flexibility index (Phi) is 6.60. The summed E-state index contributed by atoms with van der Waals surface area (Å²) in [6, 6.07) is 0.755. The van der Waals surface area contributed by atoms with Gasteiger partial charge in [-0.05, 0) is 58.7 Å². The van der Waals surface area contributed by atoms with Crippen molar-refractivity contribution >= 4 is 21.9 Å². The van der Waals surface area contributed by atoms with Gasteiger partial charge in [0.1, 0.15) is 11.6 Å². The Bertz CT molecular complexity index is 639. The second-order valence-electron chi connectivity index (χ2n) is 7.77. The summed E-state index contributed by atoms with van der Waals surface area (Å²) >= 11 is 3.20. The summed E-state index contributed by atoms with van der Waals surface area (Å²) in [6.07, 6.45) is 1.71. The standard InChI is InChI=1S/C19H26BrF2NO2/c1-5-25-15(24)9-14(23-10-19(2,3)4)16-17(21)12(11-6-7-11)8-13(20)18(16)22/h8,11,14,23H,5-7,9-10H2,1-4H3/t14-/m0/s1. The number of rotatable bonds is 7. The smallest absolute Gasteiger partial charge is 0.307 e. The van der Waals surface area contributed by atoms with Crippen molar-refractivity contribution in [2.24, 2.45) is 5.41 Å². The number of hydrogen-bond donors (Lipinski definition) is 1. The van der Waals surface area contributed by atoms with Crippen LogP contribution in [0.5, 0.6) is 0 Å². The molecule has 0 aromatic heterocycles. The monoisotopic (exact) mass is 417 g/mol. The first-order chi connectivity index (χ1) is 11.6. The number of carbonyl (C=O) groups is 1. The molecule has 0 radical (unpaired) electrons. The van der Waals surface area contributed by atoms with E-state index in [9.17, 15) is 9.18 Å². The molecular formula is C19H26BrF2NO2. The van der Waals surface area contributed by atoms with Crippen LogP contribution in [-0.2, 0) is 9.53 Å². The molecule has 0 aliphatic heterocycles. The predicted octanol–water partition coefficient (Wildman–Crippen LogP) is 5.23. The van der Waals surface area contributed by atoms with Gasteiger partial charge in [-0.15, -0.1) is 0 Å². The van der Waals surface area contributed by atoms with E-state index in [4.69, 9.17) is 4.74 Å². The Morgan fingerprint density at radius 1 is 1.36 bits per heavy atom. The number of benzene rings is 1. The Morgan fingerprint density at radius 2 is 2.00 bits per heavy atom. The summed E-state index contributed by atoms with van der Waals surface area (Å²) in [5, 5.41) is 3.16. The minimum atomic E-state index is -0.770. The summed E-state index contributed by atoms with van der Waals surface area (Å²) in [7, 11) is 0. The topological polar surface area (TPSA) is 38.3 Å². The lowest BCUT2D eigenvalue weighted by Gasteiger charge is -2.26. The van der Waals surface area contributed by atoms with Gasteiger partial charge in [0.2, 0.25) is 0 Å². The van der Waals surface area contributed by atoms with Crippen LogP contribution < -0.4 is 5.32 Å². The molecule has 1 aliphatic carbocycles. The highest BCUT2D eigenvalue weighted by Crippen LogP contribution is 2.44. The van der Waals surface area contributed by atoms with Crippen molar-refractivity contribution in [3.8, 4) is 0 Å². The van der Waals surface area contributed by atoms with E-state index >= 15 is 4.39 Å². The zero-order chi connectivity index (χ0) is 18.8. The summed E-state index contributed by atoms with van der Waals surface area (Å²) in [5.41, 5.74) is 0.355. The van der Waals surface area contributed by atoms with Gasteiger partial charge in [-0.3, -0.25) is 4.79 Å². The van der Waals surface area contributed by atoms with Crippen molar-refractivity contribution in [1.29, 1.82) is 0 Å². The maximum atomic E-state index is 15.1. The van der Waals surface area contributed by atoms with E-state index in [-0.39, 0.29) is 34.4 Å². The van der Waals surface area contributed by atoms with E-state index in [1.807, 2.05) is 20.8 Å². The molecule has 1 aromatic rings. The molecule has 140 valence electrons. The Morgan fingerprint density at radius 3 is 2.52 bits per heavy atom. The number of nitrogens with one attached hydrogen (secondary N) is 1. The number of hydrogen-bond acceptors (Lipinski definition) is 3. The third kappa shape index (κ3) is 5.48. The molecule has 0 amide bonds. The van der Waals surface area contributed by atoms with Crippen molar-refractivity contribution in [2.45, 2.75) is 58.9 Å². The predicted molar refractivity (Wildman–Crippen MR) is 97.5 cm³/mol. The van der Waals surface area contributed by atoms with Crippen LogP contribution in [0.3, 0.4) is 0 Å². The first-order valence-corrected chi connectivity index (χ1v) is 9.49. The van der Waals surface area contributed by atoms with Crippen LogP contribution in [0.1, 0.15) is 70.0 Å². The lowest BCUT2D eigenvalue weighted by Crippen LogP contribution is -2.33. The first-order valence-electron chi connectivity index (χ1n) is 8.70. The average molecular weight is 418 g/mol. The molecule has 1 fully saturated rings. The average Bonchev–Trinajstić information content (AvgIpc) is 3.32. The quantitative estimate of drug-likeness (QED) is 0.487. The van der Waals surface area contributed by atoms with Crippen LogP contribution in [0.2, 0.25) is 0 Å². The lowest BCUT2D eigenvalue weighted by atomic mass is 9.93. The minimum Gasteiger partial charge on any atom is -0.466 e. The normalized spacial score (nSPS) is 16.0. The highest BCUT2D eigenvalue weighted by Gasteiger charge is 2.33. The summed E-state index contributed by atoms with van der Waals surface area (Å²) < 4.78 is 35.0. The number of carbonyl (C=O) groups excluding carboxylic acids is 1. The van der Waals surface area contributed by atoms with Gasteiger partial charge in [0.25, 0.3) is 0 Å². The fourth-order valence-corrected chi connectivity index (χ4v) is 3.19. The fourth-order valence-electron chi connectivity index (χ4n) is 2.73. The fraction of sp³-hybridized carbons (Fsp3) is 0.632. The van der Waals surface area contributed by atoms with Crippen molar-refractivity contribution in [3.63, 3.8) is 0 Å². The highest BCUT2D eigenvalue weighted by atomic mass is 79.9. The largest absolute Gasteiger partial charge is 0.466 e. The molecule has 25 heavy (non-hydrogen) atoms. The molecule has 0 spiro atoms. The van der Waals surface area contributed by atoms with Gasteiger partial charge in [0.05, 0.1) is 17.5 Å². The Hall–Kier alpha value is -1.01. The van der Waals surface area contributed by atoms with Gasteiger partial charge >= 0.3 is 5.97 Å². The van der Waals surface area contributed by atoms with E-state index in [2.05, 4.69) is 21.2 Å². The van der Waals surface area contributed by atoms with E-state index < -0.39 is 23.6 Å². The Labute approximate surface area is 156 Å². The molecule has 1 atom stereocenters. The van der Waals surface area contributed by atoms with Crippen LogP contribution in [-0.4, -0.2) is 19.1 Å². The van der Waals surface area contributed by atoms with Gasteiger partial charge in [-0.1, -0.05) is 20.8 Å². The van der Waals surface area contributed by atoms with E-state index in [0.29, 0.717) is 12.1 Å². The molecule has 1 saturated carbocycles. The molecule has 0 bridgehead atoms. The second-order valence-corrected chi connectivity index (χ2v) is 8.62. The molecule has 1 aliphatic rings. The summed E-state index contributed by atoms with van der Waals surface area (Å²) in [6.45, 7) is 8.52. The van der Waals surface area contributed by atoms with Gasteiger partial charge in [-0.2, -0.15) is 0 Å². The summed E-state index contributed by atoms with van der Waals surface area (Å²) in [4.78, 5) is 12.0. The van der Waals surface area contributed by atoms with Crippen molar-refractivity contribution in [3.05, 3.63) is 33.3 Å². The van der Waals surface area contributed by atoms with Crippen LogP contribution in [0.25, 0.3) is 0 Å². The first kappa shape index (κ1) is 20.3. The van der Waals surface area contributed by atoms with Gasteiger partial charge in [0, 0.05) is 18.2 Å². The van der Waals surface area contributed by atoms with Crippen LogP contribution in [0, 0.1) is 17.0 Å². The van der Waals surface area contributed by atoms with Crippen molar-refractivity contribution in [1.82, 2.24) is 5.32 Å². The molecule has 0 unspecified atom stereocenters. The zero-order valence-electron chi connectivity index (χ0n) is 15.2. The minimum absolute atomic E-state index is 0.0754. The third-order valence-electron chi connectivity index (χ3n) is 4.14. The maximum Gasteiger partial charge on any atom is 0.307 e. The van der Waals surface area contributed by atoms with Gasteiger partial charge in [0.15, 0.2) is 0 Å². The van der Waals surface area contributed by atoms with Crippen molar-refractivity contribution < 1.29 is 18.3 Å².